The zero-order valence-corrected chi connectivity index (χ0v) is 19.1. The lowest BCUT2D eigenvalue weighted by molar-refractivity contribution is -0.205. The van der Waals surface area contributed by atoms with Gasteiger partial charge in [0.2, 0.25) is 5.60 Å². The van der Waals surface area contributed by atoms with E-state index < -0.39 is 35.9 Å². The Bertz CT molecular complexity index is 1110. The first-order chi connectivity index (χ1) is 15.7. The molecule has 0 amide bonds. The van der Waals surface area contributed by atoms with E-state index >= 15 is 0 Å². The molecule has 176 valence electrons. The Morgan fingerprint density at radius 3 is 2.82 bits per heavy atom. The molecule has 0 radical (unpaired) electrons. The molecule has 2 aliphatic heterocycles. The summed E-state index contributed by atoms with van der Waals surface area (Å²) >= 11 is 0. The number of hydrogen-bond donors (Lipinski definition) is 0. The maximum atomic E-state index is 11.7. The lowest BCUT2D eigenvalue weighted by Crippen LogP contribution is -2.40. The summed E-state index contributed by atoms with van der Waals surface area (Å²) in [6, 6.07) is 5.75. The number of nitriles is 1. The minimum absolute atomic E-state index is 0.167. The van der Waals surface area contributed by atoms with Crippen LogP contribution in [0.5, 0.6) is 0 Å². The molecule has 2 aliphatic rings. The summed E-state index contributed by atoms with van der Waals surface area (Å²) < 4.78 is 29.9. The first-order valence-electron chi connectivity index (χ1n) is 10.5. The van der Waals surface area contributed by atoms with Gasteiger partial charge in [0.05, 0.1) is 18.6 Å². The van der Waals surface area contributed by atoms with Crippen molar-refractivity contribution in [3.8, 4) is 6.07 Å². The summed E-state index contributed by atoms with van der Waals surface area (Å²) in [7, 11) is 3.70. The molecule has 12 heteroatoms. The number of nitrogens with zero attached hydrogens (tertiary/aromatic N) is 6. The van der Waals surface area contributed by atoms with Crippen molar-refractivity contribution in [2.45, 2.75) is 50.5 Å². The topological polar surface area (TPSA) is 133 Å². The third kappa shape index (κ3) is 4.10. The third-order valence-electron chi connectivity index (χ3n) is 5.25. The highest BCUT2D eigenvalue weighted by atomic mass is 16.8. The summed E-state index contributed by atoms with van der Waals surface area (Å²) in [5.41, 5.74) is -0.562. The second-order valence-corrected chi connectivity index (χ2v) is 8.33. The number of rotatable bonds is 6. The highest BCUT2D eigenvalue weighted by molar-refractivity contribution is 5.71. The summed E-state index contributed by atoms with van der Waals surface area (Å²) in [6.45, 7) is 5.20. The molecule has 33 heavy (non-hydrogen) atoms. The predicted octanol–water partition coefficient (Wildman–Crippen LogP) is 1.76. The Kier molecular flexibility index (Phi) is 5.96. The van der Waals surface area contributed by atoms with Crippen LogP contribution in [0.25, 0.3) is 5.52 Å². The van der Waals surface area contributed by atoms with Crippen LogP contribution < -0.4 is 0 Å². The first-order valence-corrected chi connectivity index (χ1v) is 10.5. The van der Waals surface area contributed by atoms with E-state index in [-0.39, 0.29) is 13.2 Å². The van der Waals surface area contributed by atoms with Crippen LogP contribution in [0.15, 0.2) is 23.5 Å². The summed E-state index contributed by atoms with van der Waals surface area (Å²) in [6.07, 6.45) is -0.0685. The van der Waals surface area contributed by atoms with Crippen molar-refractivity contribution in [1.82, 2.24) is 19.5 Å². The van der Waals surface area contributed by atoms with E-state index in [0.717, 1.165) is 0 Å². The second kappa shape index (κ2) is 8.58. The van der Waals surface area contributed by atoms with Crippen molar-refractivity contribution in [1.29, 1.82) is 5.26 Å². The van der Waals surface area contributed by atoms with E-state index in [1.165, 1.54) is 6.33 Å². The van der Waals surface area contributed by atoms with Gasteiger partial charge in [-0.25, -0.2) is 19.3 Å². The van der Waals surface area contributed by atoms with E-state index in [2.05, 4.69) is 21.1 Å². The Hall–Kier alpha value is -3.27. The van der Waals surface area contributed by atoms with Crippen molar-refractivity contribution in [3.63, 3.8) is 0 Å². The van der Waals surface area contributed by atoms with Crippen molar-refractivity contribution < 1.29 is 28.5 Å². The SMILES string of the molecule is CCOC(=O)OC[C@H]1O[C@@](C#N)(c2ccc3c(/N=C\N(C)C)ncnn23)[C@@H]2OC(C)(C)O[C@@H]21. The monoisotopic (exact) mass is 458 g/mol. The van der Waals surface area contributed by atoms with Crippen molar-refractivity contribution in [2.75, 3.05) is 27.3 Å². The molecule has 0 unspecified atom stereocenters. The van der Waals surface area contributed by atoms with Crippen LogP contribution >= 0.6 is 0 Å². The zero-order chi connectivity index (χ0) is 23.8. The fourth-order valence-corrected chi connectivity index (χ4v) is 4.01. The minimum atomic E-state index is -1.58. The number of fused-ring (bicyclic) bond motifs is 2. The van der Waals surface area contributed by atoms with Gasteiger partial charge in [-0.1, -0.05) is 0 Å². The van der Waals surface area contributed by atoms with Gasteiger partial charge in [0.15, 0.2) is 11.6 Å². The Morgan fingerprint density at radius 2 is 2.12 bits per heavy atom. The van der Waals surface area contributed by atoms with Crippen molar-refractivity contribution >= 4 is 23.8 Å². The smallest absolute Gasteiger partial charge is 0.435 e. The Morgan fingerprint density at radius 1 is 1.33 bits per heavy atom. The molecule has 0 aromatic carbocycles. The molecule has 0 saturated carbocycles. The van der Waals surface area contributed by atoms with Crippen molar-refractivity contribution in [3.05, 3.63) is 24.2 Å². The lowest BCUT2D eigenvalue weighted by Gasteiger charge is -2.28. The number of aromatic nitrogens is 3. The van der Waals surface area contributed by atoms with Crippen LogP contribution in [0.2, 0.25) is 0 Å². The molecule has 2 fully saturated rings. The van der Waals surface area contributed by atoms with Gasteiger partial charge in [-0.15, -0.1) is 0 Å². The van der Waals surface area contributed by atoms with E-state index in [9.17, 15) is 10.1 Å². The molecular formula is C21H26N6O6. The molecule has 2 aromatic heterocycles. The van der Waals surface area contributed by atoms with Gasteiger partial charge in [0.1, 0.15) is 42.8 Å². The predicted molar refractivity (Wildman–Crippen MR) is 114 cm³/mol. The summed E-state index contributed by atoms with van der Waals surface area (Å²) in [5.74, 6) is -0.536. The zero-order valence-electron chi connectivity index (χ0n) is 19.1. The lowest BCUT2D eigenvalue weighted by atomic mass is 9.92. The van der Waals surface area contributed by atoms with Gasteiger partial charge < -0.3 is 28.6 Å². The minimum Gasteiger partial charge on any atom is -0.435 e. The van der Waals surface area contributed by atoms with Gasteiger partial charge in [-0.05, 0) is 32.9 Å². The molecular weight excluding hydrogens is 432 g/mol. The molecule has 4 rings (SSSR count). The molecule has 0 N–H and O–H groups in total. The molecule has 0 aliphatic carbocycles. The number of hydrogen-bond acceptors (Lipinski definition) is 10. The Labute approximate surface area is 190 Å². The average Bonchev–Trinajstić information content (AvgIpc) is 3.41. The molecule has 12 nitrogen and oxygen atoms in total. The first kappa shape index (κ1) is 22.9. The Balaban J connectivity index is 1.73. The molecule has 0 spiro atoms. The maximum Gasteiger partial charge on any atom is 0.508 e. The van der Waals surface area contributed by atoms with E-state index in [4.69, 9.17) is 23.7 Å². The molecule has 4 heterocycles. The number of carbonyl (C=O) groups is 1. The van der Waals surface area contributed by atoms with Crippen molar-refractivity contribution in [2.24, 2.45) is 4.99 Å². The molecule has 2 saturated heterocycles. The quantitative estimate of drug-likeness (QED) is 0.358. The molecule has 0 bridgehead atoms. The van der Waals surface area contributed by atoms with E-state index in [1.807, 2.05) is 14.1 Å². The highest BCUT2D eigenvalue weighted by Crippen LogP contribution is 2.49. The average molecular weight is 458 g/mol. The normalized spacial score (nSPS) is 28.1. The van der Waals surface area contributed by atoms with Crippen LogP contribution in [-0.4, -0.2) is 83.4 Å². The molecule has 2 aromatic rings. The fourth-order valence-electron chi connectivity index (χ4n) is 4.01. The van der Waals surface area contributed by atoms with E-state index in [1.54, 1.807) is 48.7 Å². The number of ether oxygens (including phenoxy) is 5. The van der Waals surface area contributed by atoms with Crippen LogP contribution in [0.4, 0.5) is 10.6 Å². The maximum absolute atomic E-state index is 11.7. The molecule has 4 atom stereocenters. The van der Waals surface area contributed by atoms with Gasteiger partial charge in [0, 0.05) is 14.1 Å². The summed E-state index contributed by atoms with van der Waals surface area (Å²) in [5, 5.41) is 14.7. The highest BCUT2D eigenvalue weighted by Gasteiger charge is 2.65. The largest absolute Gasteiger partial charge is 0.508 e. The van der Waals surface area contributed by atoms with Crippen LogP contribution in [-0.2, 0) is 29.3 Å². The summed E-state index contributed by atoms with van der Waals surface area (Å²) in [4.78, 5) is 22.1. The van der Waals surface area contributed by atoms with Crippen LogP contribution in [0.3, 0.4) is 0 Å². The van der Waals surface area contributed by atoms with Gasteiger partial charge in [-0.3, -0.25) is 0 Å². The number of carbonyl (C=O) groups excluding carboxylic acids is 1. The number of aliphatic imine (C=N–C) groups is 1. The third-order valence-corrected chi connectivity index (χ3v) is 5.25. The standard InChI is InChI=1S/C21H26N6O6/c1-6-29-19(28)30-9-14-16-17(33-20(2,3)32-16)21(10-22,31-14)15-8-7-13-18(24-12-26(4)5)23-11-25-27(13)15/h7-8,11-12,14,16-17H,6,9H2,1-5H3/b24-12-/t14-,16-,17-,21+/m1/s1. The second-order valence-electron chi connectivity index (χ2n) is 8.33. The fraction of sp³-hybridized carbons (Fsp3) is 0.571. The van der Waals surface area contributed by atoms with Crippen LogP contribution in [0, 0.1) is 11.3 Å². The van der Waals surface area contributed by atoms with Gasteiger partial charge in [0.25, 0.3) is 0 Å². The van der Waals surface area contributed by atoms with Gasteiger partial charge >= 0.3 is 6.16 Å². The van der Waals surface area contributed by atoms with Crippen LogP contribution in [0.1, 0.15) is 26.5 Å². The van der Waals surface area contributed by atoms with Gasteiger partial charge in [-0.2, -0.15) is 10.4 Å². The van der Waals surface area contributed by atoms with E-state index in [0.29, 0.717) is 17.0 Å².